The lowest BCUT2D eigenvalue weighted by molar-refractivity contribution is -0.123. The Kier molecular flexibility index (Phi) is 4.62. The van der Waals surface area contributed by atoms with Crippen LogP contribution in [0, 0.1) is 17.8 Å². The van der Waals surface area contributed by atoms with Gasteiger partial charge in [-0.1, -0.05) is 20.8 Å². The van der Waals surface area contributed by atoms with E-state index in [1.54, 1.807) is 0 Å². The number of amides is 1. The average molecular weight is 254 g/mol. The van der Waals surface area contributed by atoms with Gasteiger partial charge in [-0.05, 0) is 18.3 Å². The topological polar surface area (TPSA) is 41.6 Å². The van der Waals surface area contributed by atoms with Crippen molar-refractivity contribution in [3.05, 3.63) is 0 Å². The van der Waals surface area contributed by atoms with E-state index >= 15 is 0 Å². The molecule has 4 nitrogen and oxygen atoms in total. The molecule has 2 fully saturated rings. The first-order valence-corrected chi connectivity index (χ1v) is 7.18. The van der Waals surface area contributed by atoms with E-state index in [0.29, 0.717) is 18.4 Å². The largest absolute Gasteiger partial charge is 0.374 e. The third kappa shape index (κ3) is 3.95. The second-order valence-electron chi connectivity index (χ2n) is 6.21. The maximum absolute atomic E-state index is 11.7. The molecule has 104 valence electrons. The van der Waals surface area contributed by atoms with E-state index in [0.717, 1.165) is 32.7 Å². The zero-order valence-corrected chi connectivity index (χ0v) is 11.8. The number of carbonyl (C=O) groups is 1. The van der Waals surface area contributed by atoms with E-state index < -0.39 is 0 Å². The molecule has 3 atom stereocenters. The standard InChI is InChI=1S/C14H26N2O2/c1-10(2)8-16-4-5-18-12(9-16)7-15-14(17)13-6-11(13)3/h10-13H,4-9H2,1-3H3,(H,15,17)/t11-,12-,13+/m1/s1. The van der Waals surface area contributed by atoms with Crippen LogP contribution < -0.4 is 5.32 Å². The molecule has 1 saturated carbocycles. The zero-order valence-electron chi connectivity index (χ0n) is 11.8. The second kappa shape index (κ2) is 6.02. The summed E-state index contributed by atoms with van der Waals surface area (Å²) in [6.45, 7) is 11.1. The lowest BCUT2D eigenvalue weighted by Gasteiger charge is -2.34. The minimum Gasteiger partial charge on any atom is -0.374 e. The quantitative estimate of drug-likeness (QED) is 0.799. The summed E-state index contributed by atoms with van der Waals surface area (Å²) in [5.74, 6) is 1.74. The van der Waals surface area contributed by atoms with Crippen molar-refractivity contribution in [1.82, 2.24) is 10.2 Å². The van der Waals surface area contributed by atoms with Crippen molar-refractivity contribution in [1.29, 1.82) is 0 Å². The molecule has 0 aromatic rings. The molecule has 1 saturated heterocycles. The number of nitrogens with one attached hydrogen (secondary N) is 1. The number of nitrogens with zero attached hydrogens (tertiary/aromatic N) is 1. The summed E-state index contributed by atoms with van der Waals surface area (Å²) in [7, 11) is 0. The molecular weight excluding hydrogens is 228 g/mol. The van der Waals surface area contributed by atoms with E-state index in [1.807, 2.05) is 0 Å². The Labute approximate surface area is 110 Å². The van der Waals surface area contributed by atoms with Crippen molar-refractivity contribution in [2.45, 2.75) is 33.3 Å². The van der Waals surface area contributed by atoms with Crippen molar-refractivity contribution in [2.24, 2.45) is 17.8 Å². The van der Waals surface area contributed by atoms with E-state index in [2.05, 4.69) is 31.0 Å². The summed E-state index contributed by atoms with van der Waals surface area (Å²) < 4.78 is 5.71. The van der Waals surface area contributed by atoms with Crippen LogP contribution >= 0.6 is 0 Å². The monoisotopic (exact) mass is 254 g/mol. The summed E-state index contributed by atoms with van der Waals surface area (Å²) >= 11 is 0. The Bertz CT molecular complexity index is 294. The number of hydrogen-bond donors (Lipinski definition) is 1. The van der Waals surface area contributed by atoms with Crippen LogP contribution in [0.1, 0.15) is 27.2 Å². The maximum Gasteiger partial charge on any atom is 0.223 e. The molecular formula is C14H26N2O2. The molecule has 1 heterocycles. The van der Waals surface area contributed by atoms with E-state index in [9.17, 15) is 4.79 Å². The van der Waals surface area contributed by atoms with Gasteiger partial charge in [0.1, 0.15) is 0 Å². The van der Waals surface area contributed by atoms with Gasteiger partial charge in [-0.2, -0.15) is 0 Å². The first kappa shape index (κ1) is 13.8. The van der Waals surface area contributed by atoms with Crippen LogP contribution in [-0.4, -0.2) is 49.7 Å². The average Bonchev–Trinajstić information content (AvgIpc) is 3.03. The van der Waals surface area contributed by atoms with Gasteiger partial charge in [-0.15, -0.1) is 0 Å². The molecule has 0 aromatic heterocycles. The molecule has 0 bridgehead atoms. The number of morpholine rings is 1. The van der Waals surface area contributed by atoms with Crippen molar-refractivity contribution in [3.63, 3.8) is 0 Å². The van der Waals surface area contributed by atoms with E-state index in [-0.39, 0.29) is 17.9 Å². The van der Waals surface area contributed by atoms with Gasteiger partial charge in [-0.25, -0.2) is 0 Å². The smallest absolute Gasteiger partial charge is 0.223 e. The Morgan fingerprint density at radius 3 is 2.83 bits per heavy atom. The van der Waals surface area contributed by atoms with Crippen LogP contribution in [0.2, 0.25) is 0 Å². The van der Waals surface area contributed by atoms with Gasteiger partial charge in [0.15, 0.2) is 0 Å². The highest BCUT2D eigenvalue weighted by Crippen LogP contribution is 2.37. The molecule has 0 spiro atoms. The minimum atomic E-state index is 0.163. The number of carbonyl (C=O) groups excluding carboxylic acids is 1. The van der Waals surface area contributed by atoms with Gasteiger partial charge >= 0.3 is 0 Å². The van der Waals surface area contributed by atoms with E-state index in [4.69, 9.17) is 4.74 Å². The fourth-order valence-electron chi connectivity index (χ4n) is 2.62. The summed E-state index contributed by atoms with van der Waals surface area (Å²) in [5, 5.41) is 3.03. The minimum absolute atomic E-state index is 0.163. The van der Waals surface area contributed by atoms with Crippen LogP contribution in [0.3, 0.4) is 0 Å². The third-order valence-electron chi connectivity index (χ3n) is 3.80. The van der Waals surface area contributed by atoms with Crippen molar-refractivity contribution < 1.29 is 9.53 Å². The Hall–Kier alpha value is -0.610. The van der Waals surface area contributed by atoms with Gasteiger partial charge in [-0.3, -0.25) is 9.69 Å². The Morgan fingerprint density at radius 1 is 1.50 bits per heavy atom. The normalized spacial score (nSPS) is 32.6. The lowest BCUT2D eigenvalue weighted by atomic mass is 10.2. The first-order chi connectivity index (χ1) is 8.56. The Morgan fingerprint density at radius 2 is 2.22 bits per heavy atom. The molecule has 18 heavy (non-hydrogen) atoms. The third-order valence-corrected chi connectivity index (χ3v) is 3.80. The molecule has 1 N–H and O–H groups in total. The van der Waals surface area contributed by atoms with E-state index in [1.165, 1.54) is 0 Å². The summed E-state index contributed by atoms with van der Waals surface area (Å²) in [5.41, 5.74) is 0. The number of ether oxygens (including phenoxy) is 1. The first-order valence-electron chi connectivity index (χ1n) is 7.18. The fourth-order valence-corrected chi connectivity index (χ4v) is 2.62. The molecule has 4 heteroatoms. The Balaban J connectivity index is 1.67. The summed E-state index contributed by atoms with van der Waals surface area (Å²) in [6, 6.07) is 0. The SMILES string of the molecule is CC(C)CN1CCO[C@H](CNC(=O)[C@H]2C[C@H]2C)C1. The molecule has 0 aromatic carbocycles. The molecule has 1 aliphatic heterocycles. The number of hydrogen-bond acceptors (Lipinski definition) is 3. The van der Waals surface area contributed by atoms with Crippen LogP contribution in [0.5, 0.6) is 0 Å². The van der Waals surface area contributed by atoms with Gasteiger partial charge in [0.25, 0.3) is 0 Å². The molecule has 0 unspecified atom stereocenters. The van der Waals surface area contributed by atoms with Crippen LogP contribution in [0.25, 0.3) is 0 Å². The number of rotatable bonds is 5. The second-order valence-corrected chi connectivity index (χ2v) is 6.21. The van der Waals surface area contributed by atoms with Gasteiger partial charge in [0, 0.05) is 32.1 Å². The summed E-state index contributed by atoms with van der Waals surface area (Å²) in [4.78, 5) is 14.2. The molecule has 1 amide bonds. The zero-order chi connectivity index (χ0) is 13.1. The highest BCUT2D eigenvalue weighted by molar-refractivity contribution is 5.81. The molecule has 0 radical (unpaired) electrons. The lowest BCUT2D eigenvalue weighted by Crippen LogP contribution is -2.48. The van der Waals surface area contributed by atoms with Crippen LogP contribution in [0.15, 0.2) is 0 Å². The highest BCUT2D eigenvalue weighted by atomic mass is 16.5. The molecule has 2 rings (SSSR count). The predicted molar refractivity (Wildman–Crippen MR) is 71.3 cm³/mol. The van der Waals surface area contributed by atoms with Crippen LogP contribution in [0.4, 0.5) is 0 Å². The van der Waals surface area contributed by atoms with Crippen molar-refractivity contribution in [3.8, 4) is 0 Å². The predicted octanol–water partition coefficient (Wildman–Crippen LogP) is 1.12. The van der Waals surface area contributed by atoms with Crippen LogP contribution in [-0.2, 0) is 9.53 Å². The van der Waals surface area contributed by atoms with Crippen molar-refractivity contribution in [2.75, 3.05) is 32.8 Å². The fraction of sp³-hybridized carbons (Fsp3) is 0.929. The highest BCUT2D eigenvalue weighted by Gasteiger charge is 2.39. The maximum atomic E-state index is 11.7. The molecule has 2 aliphatic rings. The summed E-state index contributed by atoms with van der Waals surface area (Å²) in [6.07, 6.45) is 1.21. The van der Waals surface area contributed by atoms with Gasteiger partial charge in [0.05, 0.1) is 12.7 Å². The van der Waals surface area contributed by atoms with Gasteiger partial charge < -0.3 is 10.1 Å². The van der Waals surface area contributed by atoms with Crippen molar-refractivity contribution >= 4 is 5.91 Å². The molecule has 1 aliphatic carbocycles. The van der Waals surface area contributed by atoms with Gasteiger partial charge in [0.2, 0.25) is 5.91 Å².